The zero-order chi connectivity index (χ0) is 18.1. The maximum atomic E-state index is 5.51. The zero-order valence-electron chi connectivity index (χ0n) is 15.9. The fourth-order valence-electron chi connectivity index (χ4n) is 4.34. The number of benzene rings is 2. The lowest BCUT2D eigenvalue weighted by Crippen LogP contribution is -2.63. The van der Waals surface area contributed by atoms with Crippen molar-refractivity contribution in [3.05, 3.63) is 54.1 Å². The summed E-state index contributed by atoms with van der Waals surface area (Å²) in [7, 11) is 0. The SMILES string of the molecule is CC1CN(c2ccccc2)CC(C)(C)N1CCc1ccc2c(c1)OCO2. The van der Waals surface area contributed by atoms with Gasteiger partial charge < -0.3 is 14.4 Å². The van der Waals surface area contributed by atoms with Gasteiger partial charge in [-0.25, -0.2) is 0 Å². The number of rotatable bonds is 4. The highest BCUT2D eigenvalue weighted by atomic mass is 16.7. The van der Waals surface area contributed by atoms with Crippen LogP contribution in [-0.2, 0) is 6.42 Å². The van der Waals surface area contributed by atoms with Crippen molar-refractivity contribution in [3.63, 3.8) is 0 Å². The van der Waals surface area contributed by atoms with E-state index in [1.54, 1.807) is 0 Å². The smallest absolute Gasteiger partial charge is 0.231 e. The number of anilines is 1. The van der Waals surface area contributed by atoms with Crippen LogP contribution in [0.25, 0.3) is 0 Å². The Bertz CT molecular complexity index is 760. The Hall–Kier alpha value is -2.20. The van der Waals surface area contributed by atoms with Crippen molar-refractivity contribution in [2.75, 3.05) is 31.3 Å². The second-order valence-electron chi connectivity index (χ2n) is 8.01. The fourth-order valence-corrected chi connectivity index (χ4v) is 4.34. The third kappa shape index (κ3) is 3.38. The van der Waals surface area contributed by atoms with Gasteiger partial charge in [0.15, 0.2) is 11.5 Å². The maximum absolute atomic E-state index is 5.51. The largest absolute Gasteiger partial charge is 0.454 e. The molecular weight excluding hydrogens is 324 g/mol. The summed E-state index contributed by atoms with van der Waals surface area (Å²) in [5.41, 5.74) is 2.76. The van der Waals surface area contributed by atoms with E-state index in [1.807, 2.05) is 6.07 Å². The van der Waals surface area contributed by atoms with E-state index < -0.39 is 0 Å². The van der Waals surface area contributed by atoms with Gasteiger partial charge in [-0.05, 0) is 57.0 Å². The fraction of sp³-hybridized carbons (Fsp3) is 0.455. The van der Waals surface area contributed by atoms with Gasteiger partial charge in [-0.1, -0.05) is 24.3 Å². The number of piperazine rings is 1. The molecule has 1 unspecified atom stereocenters. The Morgan fingerprint density at radius 2 is 1.81 bits per heavy atom. The molecule has 2 heterocycles. The van der Waals surface area contributed by atoms with Crippen LogP contribution in [0.2, 0.25) is 0 Å². The molecule has 0 N–H and O–H groups in total. The van der Waals surface area contributed by atoms with E-state index in [0.29, 0.717) is 12.8 Å². The van der Waals surface area contributed by atoms with E-state index in [-0.39, 0.29) is 5.54 Å². The lowest BCUT2D eigenvalue weighted by molar-refractivity contribution is 0.0601. The second kappa shape index (κ2) is 6.84. The summed E-state index contributed by atoms with van der Waals surface area (Å²) < 4.78 is 10.9. The van der Waals surface area contributed by atoms with Gasteiger partial charge in [0.2, 0.25) is 6.79 Å². The minimum absolute atomic E-state index is 0.129. The predicted molar refractivity (Wildman–Crippen MR) is 105 cm³/mol. The lowest BCUT2D eigenvalue weighted by atomic mass is 9.94. The minimum atomic E-state index is 0.129. The maximum Gasteiger partial charge on any atom is 0.231 e. The summed E-state index contributed by atoms with van der Waals surface area (Å²) in [6, 6.07) is 17.6. The number of ether oxygens (including phenoxy) is 2. The first kappa shape index (κ1) is 17.2. The first-order valence-electron chi connectivity index (χ1n) is 9.48. The molecule has 0 spiro atoms. The van der Waals surface area contributed by atoms with E-state index in [4.69, 9.17) is 9.47 Å². The Kier molecular flexibility index (Phi) is 4.53. The third-order valence-corrected chi connectivity index (χ3v) is 5.57. The summed E-state index contributed by atoms with van der Waals surface area (Å²) in [5, 5.41) is 0. The van der Waals surface area contributed by atoms with Crippen molar-refractivity contribution >= 4 is 5.69 Å². The van der Waals surface area contributed by atoms with Crippen LogP contribution in [0.15, 0.2) is 48.5 Å². The molecule has 4 nitrogen and oxygen atoms in total. The summed E-state index contributed by atoms with van der Waals surface area (Å²) in [5.74, 6) is 1.74. The van der Waals surface area contributed by atoms with E-state index in [9.17, 15) is 0 Å². The summed E-state index contributed by atoms with van der Waals surface area (Å²) in [4.78, 5) is 5.17. The van der Waals surface area contributed by atoms with Gasteiger partial charge in [0.25, 0.3) is 0 Å². The molecule has 4 rings (SSSR count). The van der Waals surface area contributed by atoms with Crippen LogP contribution >= 0.6 is 0 Å². The normalized spacial score (nSPS) is 21.8. The van der Waals surface area contributed by atoms with Gasteiger partial charge in [0.05, 0.1) is 0 Å². The zero-order valence-corrected chi connectivity index (χ0v) is 15.9. The van der Waals surface area contributed by atoms with Gasteiger partial charge in [-0.15, -0.1) is 0 Å². The molecule has 2 aliphatic rings. The molecule has 138 valence electrons. The van der Waals surface area contributed by atoms with Crippen molar-refractivity contribution in [1.29, 1.82) is 0 Å². The molecule has 2 aromatic rings. The topological polar surface area (TPSA) is 24.9 Å². The minimum Gasteiger partial charge on any atom is -0.454 e. The number of hydrogen-bond donors (Lipinski definition) is 0. The van der Waals surface area contributed by atoms with E-state index in [0.717, 1.165) is 37.6 Å². The molecule has 1 atom stereocenters. The first-order valence-corrected chi connectivity index (χ1v) is 9.48. The van der Waals surface area contributed by atoms with E-state index in [2.05, 4.69) is 73.0 Å². The Morgan fingerprint density at radius 3 is 2.58 bits per heavy atom. The molecule has 4 heteroatoms. The van der Waals surface area contributed by atoms with Gasteiger partial charge in [0, 0.05) is 36.9 Å². The predicted octanol–water partition coefficient (Wildman–Crippen LogP) is 3.95. The van der Waals surface area contributed by atoms with Crippen molar-refractivity contribution in [2.45, 2.75) is 38.8 Å². The second-order valence-corrected chi connectivity index (χ2v) is 8.01. The average molecular weight is 352 g/mol. The number of para-hydroxylation sites is 1. The van der Waals surface area contributed by atoms with Gasteiger partial charge in [-0.3, -0.25) is 4.90 Å². The highest BCUT2D eigenvalue weighted by Gasteiger charge is 2.37. The first-order chi connectivity index (χ1) is 12.5. The lowest BCUT2D eigenvalue weighted by Gasteiger charge is -2.52. The van der Waals surface area contributed by atoms with E-state index in [1.165, 1.54) is 11.3 Å². The van der Waals surface area contributed by atoms with Crippen LogP contribution in [0.3, 0.4) is 0 Å². The summed E-state index contributed by atoms with van der Waals surface area (Å²) >= 11 is 0. The summed E-state index contributed by atoms with van der Waals surface area (Å²) in [6.45, 7) is 10.6. The van der Waals surface area contributed by atoms with Crippen LogP contribution in [0.1, 0.15) is 26.3 Å². The molecule has 0 saturated carbocycles. The van der Waals surface area contributed by atoms with Crippen molar-refractivity contribution in [3.8, 4) is 11.5 Å². The van der Waals surface area contributed by atoms with Crippen LogP contribution in [0.5, 0.6) is 11.5 Å². The Labute approximate surface area is 156 Å². The summed E-state index contributed by atoms with van der Waals surface area (Å²) in [6.07, 6.45) is 1.02. The quantitative estimate of drug-likeness (QED) is 0.832. The van der Waals surface area contributed by atoms with Crippen molar-refractivity contribution < 1.29 is 9.47 Å². The average Bonchev–Trinajstić information content (AvgIpc) is 3.09. The highest BCUT2D eigenvalue weighted by molar-refractivity contribution is 5.47. The standard InChI is InChI=1S/C22H28N2O2/c1-17-14-23(19-7-5-4-6-8-19)15-22(2,3)24(17)12-11-18-9-10-20-21(13-18)26-16-25-20/h4-10,13,17H,11-12,14-16H2,1-3H3. The van der Waals surface area contributed by atoms with Gasteiger partial charge in [0.1, 0.15) is 0 Å². The molecule has 1 fully saturated rings. The highest BCUT2D eigenvalue weighted by Crippen LogP contribution is 2.33. The number of fused-ring (bicyclic) bond motifs is 1. The Morgan fingerprint density at radius 1 is 1.04 bits per heavy atom. The molecule has 2 aromatic carbocycles. The number of hydrogen-bond acceptors (Lipinski definition) is 4. The molecule has 0 bridgehead atoms. The molecule has 0 amide bonds. The van der Waals surface area contributed by atoms with Gasteiger partial charge >= 0.3 is 0 Å². The molecule has 26 heavy (non-hydrogen) atoms. The molecule has 0 aliphatic carbocycles. The van der Waals surface area contributed by atoms with Crippen LogP contribution in [0, 0.1) is 0 Å². The molecule has 1 saturated heterocycles. The van der Waals surface area contributed by atoms with Crippen LogP contribution in [-0.4, -0.2) is 42.9 Å². The molecular formula is C22H28N2O2. The molecule has 0 radical (unpaired) electrons. The van der Waals surface area contributed by atoms with Crippen LogP contribution in [0.4, 0.5) is 5.69 Å². The Balaban J connectivity index is 1.44. The third-order valence-electron chi connectivity index (χ3n) is 5.57. The molecule has 2 aliphatic heterocycles. The number of nitrogens with zero attached hydrogens (tertiary/aromatic N) is 2. The van der Waals surface area contributed by atoms with Gasteiger partial charge in [-0.2, -0.15) is 0 Å². The van der Waals surface area contributed by atoms with E-state index >= 15 is 0 Å². The van der Waals surface area contributed by atoms with Crippen molar-refractivity contribution in [1.82, 2.24) is 4.90 Å². The monoisotopic (exact) mass is 352 g/mol. The van der Waals surface area contributed by atoms with Crippen molar-refractivity contribution in [2.24, 2.45) is 0 Å². The molecule has 0 aromatic heterocycles. The van der Waals surface area contributed by atoms with Crippen LogP contribution < -0.4 is 14.4 Å².